The third-order valence-electron chi connectivity index (χ3n) is 3.33. The molecule has 0 atom stereocenters. The van der Waals surface area contributed by atoms with Gasteiger partial charge in [0.2, 0.25) is 5.91 Å². The molecule has 0 aliphatic carbocycles. The molecular formula is C16H34N2O2. The van der Waals surface area contributed by atoms with Gasteiger partial charge in [-0.1, -0.05) is 33.6 Å². The van der Waals surface area contributed by atoms with Gasteiger partial charge in [0.05, 0.1) is 12.1 Å². The van der Waals surface area contributed by atoms with E-state index in [0.717, 1.165) is 45.3 Å². The summed E-state index contributed by atoms with van der Waals surface area (Å²) in [5.41, 5.74) is -0.756. The molecule has 0 aromatic carbocycles. The Labute approximate surface area is 125 Å². The molecule has 4 nitrogen and oxygen atoms in total. The number of hydrogen-bond donors (Lipinski definition) is 1. The monoisotopic (exact) mass is 286 g/mol. The van der Waals surface area contributed by atoms with Crippen molar-refractivity contribution in [1.82, 2.24) is 9.80 Å². The van der Waals surface area contributed by atoms with Crippen LogP contribution in [-0.4, -0.2) is 59.1 Å². The Bertz CT molecular complexity index is 254. The summed E-state index contributed by atoms with van der Waals surface area (Å²) in [7, 11) is 0. The first kappa shape index (κ1) is 19.4. The summed E-state index contributed by atoms with van der Waals surface area (Å²) in [4.78, 5) is 16.4. The SMILES string of the molecule is CCCCN(CCCC)C(=O)CN(CC)CC(C)(C)O. The molecule has 0 saturated carbocycles. The Hall–Kier alpha value is -0.610. The van der Waals surface area contributed by atoms with E-state index < -0.39 is 5.60 Å². The first-order valence-corrected chi connectivity index (χ1v) is 8.06. The van der Waals surface area contributed by atoms with Crippen LogP contribution in [0.25, 0.3) is 0 Å². The second kappa shape index (κ2) is 10.2. The summed E-state index contributed by atoms with van der Waals surface area (Å²) in [6.07, 6.45) is 4.34. The van der Waals surface area contributed by atoms with Crippen LogP contribution in [0.4, 0.5) is 0 Å². The quantitative estimate of drug-likeness (QED) is 0.635. The molecule has 0 saturated heterocycles. The number of carbonyl (C=O) groups is 1. The maximum absolute atomic E-state index is 12.4. The third kappa shape index (κ3) is 9.32. The molecule has 0 aliphatic rings. The smallest absolute Gasteiger partial charge is 0.236 e. The number of unbranched alkanes of at least 4 members (excludes halogenated alkanes) is 2. The maximum Gasteiger partial charge on any atom is 0.236 e. The molecule has 0 rings (SSSR count). The first-order chi connectivity index (χ1) is 9.34. The Morgan fingerprint density at radius 2 is 1.55 bits per heavy atom. The largest absolute Gasteiger partial charge is 0.389 e. The molecule has 1 N–H and O–H groups in total. The van der Waals surface area contributed by atoms with Crippen molar-refractivity contribution < 1.29 is 9.90 Å². The second-order valence-corrected chi connectivity index (χ2v) is 6.20. The van der Waals surface area contributed by atoms with E-state index in [-0.39, 0.29) is 5.91 Å². The van der Waals surface area contributed by atoms with Gasteiger partial charge in [-0.25, -0.2) is 0 Å². The number of aliphatic hydroxyl groups is 1. The zero-order chi connectivity index (χ0) is 15.6. The fraction of sp³-hybridized carbons (Fsp3) is 0.938. The summed E-state index contributed by atoms with van der Waals surface area (Å²) in [5.74, 6) is 0.193. The van der Waals surface area contributed by atoms with Crippen LogP contribution in [0.5, 0.6) is 0 Å². The Morgan fingerprint density at radius 1 is 1.05 bits per heavy atom. The van der Waals surface area contributed by atoms with E-state index in [1.807, 2.05) is 16.7 Å². The minimum atomic E-state index is -0.756. The molecule has 0 fully saturated rings. The number of carbonyl (C=O) groups excluding carboxylic acids is 1. The fourth-order valence-corrected chi connectivity index (χ4v) is 2.18. The molecule has 0 unspecified atom stereocenters. The van der Waals surface area contributed by atoms with Crippen molar-refractivity contribution in [1.29, 1.82) is 0 Å². The molecule has 4 heteroatoms. The van der Waals surface area contributed by atoms with Crippen molar-refractivity contribution in [2.24, 2.45) is 0 Å². The molecular weight excluding hydrogens is 252 g/mol. The fourth-order valence-electron chi connectivity index (χ4n) is 2.18. The van der Waals surface area contributed by atoms with Gasteiger partial charge in [0.15, 0.2) is 0 Å². The average molecular weight is 286 g/mol. The lowest BCUT2D eigenvalue weighted by molar-refractivity contribution is -0.133. The van der Waals surface area contributed by atoms with Gasteiger partial charge in [-0.15, -0.1) is 0 Å². The maximum atomic E-state index is 12.4. The number of rotatable bonds is 11. The van der Waals surface area contributed by atoms with Crippen LogP contribution < -0.4 is 0 Å². The highest BCUT2D eigenvalue weighted by Gasteiger charge is 2.21. The van der Waals surface area contributed by atoms with Gasteiger partial charge in [-0.3, -0.25) is 9.69 Å². The minimum Gasteiger partial charge on any atom is -0.389 e. The lowest BCUT2D eigenvalue weighted by atomic mass is 10.1. The van der Waals surface area contributed by atoms with Gasteiger partial charge in [0, 0.05) is 19.6 Å². The van der Waals surface area contributed by atoms with Crippen molar-refractivity contribution in [3.8, 4) is 0 Å². The summed E-state index contributed by atoms with van der Waals surface area (Å²) < 4.78 is 0. The molecule has 0 heterocycles. The Balaban J connectivity index is 4.45. The van der Waals surface area contributed by atoms with Crippen LogP contribution in [0.15, 0.2) is 0 Å². The molecule has 0 aromatic rings. The Kier molecular flexibility index (Phi) is 9.86. The summed E-state index contributed by atoms with van der Waals surface area (Å²) in [6, 6.07) is 0. The summed E-state index contributed by atoms with van der Waals surface area (Å²) in [6.45, 7) is 13.3. The first-order valence-electron chi connectivity index (χ1n) is 8.06. The standard InChI is InChI=1S/C16H34N2O2/c1-6-9-11-18(12-10-7-2)15(19)13-17(8-3)14-16(4,5)20/h20H,6-14H2,1-5H3. The van der Waals surface area contributed by atoms with Gasteiger partial charge in [0.1, 0.15) is 0 Å². The minimum absolute atomic E-state index is 0.193. The van der Waals surface area contributed by atoms with Gasteiger partial charge >= 0.3 is 0 Å². The van der Waals surface area contributed by atoms with Gasteiger partial charge < -0.3 is 10.0 Å². The molecule has 0 radical (unpaired) electrons. The van der Waals surface area contributed by atoms with E-state index in [4.69, 9.17) is 0 Å². The normalized spacial score (nSPS) is 11.9. The van der Waals surface area contributed by atoms with E-state index in [2.05, 4.69) is 13.8 Å². The highest BCUT2D eigenvalue weighted by atomic mass is 16.3. The van der Waals surface area contributed by atoms with Crippen LogP contribution in [0.2, 0.25) is 0 Å². The number of hydrogen-bond acceptors (Lipinski definition) is 3. The van der Waals surface area contributed by atoms with Crippen molar-refractivity contribution in [2.45, 2.75) is 65.9 Å². The number of likely N-dealkylation sites (N-methyl/N-ethyl adjacent to an activating group) is 1. The highest BCUT2D eigenvalue weighted by molar-refractivity contribution is 5.78. The second-order valence-electron chi connectivity index (χ2n) is 6.20. The molecule has 0 spiro atoms. The van der Waals surface area contributed by atoms with E-state index in [1.165, 1.54) is 0 Å². The van der Waals surface area contributed by atoms with Crippen molar-refractivity contribution in [3.63, 3.8) is 0 Å². The average Bonchev–Trinajstić information content (AvgIpc) is 2.36. The van der Waals surface area contributed by atoms with Crippen molar-refractivity contribution >= 4 is 5.91 Å². The third-order valence-corrected chi connectivity index (χ3v) is 3.33. The van der Waals surface area contributed by atoms with Crippen LogP contribution >= 0.6 is 0 Å². The molecule has 0 aromatic heterocycles. The molecule has 0 bridgehead atoms. The zero-order valence-corrected chi connectivity index (χ0v) is 14.1. The van der Waals surface area contributed by atoms with E-state index in [0.29, 0.717) is 13.1 Å². The molecule has 0 aliphatic heterocycles. The summed E-state index contributed by atoms with van der Waals surface area (Å²) in [5, 5.41) is 9.89. The summed E-state index contributed by atoms with van der Waals surface area (Å²) >= 11 is 0. The van der Waals surface area contributed by atoms with Gasteiger partial charge in [-0.05, 0) is 33.2 Å². The Morgan fingerprint density at radius 3 is 1.90 bits per heavy atom. The molecule has 20 heavy (non-hydrogen) atoms. The van der Waals surface area contributed by atoms with E-state index >= 15 is 0 Å². The topological polar surface area (TPSA) is 43.8 Å². The number of amides is 1. The van der Waals surface area contributed by atoms with Crippen molar-refractivity contribution in [3.05, 3.63) is 0 Å². The predicted molar refractivity (Wildman–Crippen MR) is 84.8 cm³/mol. The zero-order valence-electron chi connectivity index (χ0n) is 14.1. The van der Waals surface area contributed by atoms with Gasteiger partial charge in [0.25, 0.3) is 0 Å². The van der Waals surface area contributed by atoms with Gasteiger partial charge in [-0.2, -0.15) is 0 Å². The van der Waals surface area contributed by atoms with Crippen LogP contribution in [0.1, 0.15) is 60.3 Å². The number of nitrogens with zero attached hydrogens (tertiary/aromatic N) is 2. The molecule has 120 valence electrons. The lowest BCUT2D eigenvalue weighted by Gasteiger charge is -2.30. The molecule has 1 amide bonds. The highest BCUT2D eigenvalue weighted by Crippen LogP contribution is 2.06. The predicted octanol–water partition coefficient (Wildman–Crippen LogP) is 2.51. The van der Waals surface area contributed by atoms with Crippen LogP contribution in [0.3, 0.4) is 0 Å². The van der Waals surface area contributed by atoms with Crippen molar-refractivity contribution in [2.75, 3.05) is 32.7 Å². The van der Waals surface area contributed by atoms with E-state index in [9.17, 15) is 9.90 Å². The van der Waals surface area contributed by atoms with Crippen LogP contribution in [0, 0.1) is 0 Å². The van der Waals surface area contributed by atoms with Crippen LogP contribution in [-0.2, 0) is 4.79 Å². The van der Waals surface area contributed by atoms with E-state index in [1.54, 1.807) is 13.8 Å². The lowest BCUT2D eigenvalue weighted by Crippen LogP contribution is -2.45.